The van der Waals surface area contributed by atoms with E-state index in [4.69, 9.17) is 0 Å². The van der Waals surface area contributed by atoms with Gasteiger partial charge in [0.05, 0.1) is 10.5 Å². The summed E-state index contributed by atoms with van der Waals surface area (Å²) < 4.78 is 29.5. The fourth-order valence-corrected chi connectivity index (χ4v) is 2.93. The Morgan fingerprint density at radius 1 is 1.05 bits per heavy atom. The van der Waals surface area contributed by atoms with Crippen LogP contribution < -0.4 is 5.32 Å². The molecule has 0 spiro atoms. The van der Waals surface area contributed by atoms with Crippen molar-refractivity contribution in [1.29, 1.82) is 0 Å². The molecule has 0 amide bonds. The van der Waals surface area contributed by atoms with E-state index in [9.17, 15) is 8.78 Å². The highest BCUT2D eigenvalue weighted by atomic mass is 79.9. The van der Waals surface area contributed by atoms with Crippen LogP contribution in [0.15, 0.2) is 39.3 Å². The van der Waals surface area contributed by atoms with Crippen LogP contribution in [0.1, 0.15) is 22.7 Å². The Morgan fingerprint density at radius 3 is 2.40 bits per heavy atom. The second-order valence-corrected chi connectivity index (χ2v) is 6.14. The molecule has 0 fully saturated rings. The molecule has 0 saturated carbocycles. The lowest BCUT2D eigenvalue weighted by Gasteiger charge is -2.21. The van der Waals surface area contributed by atoms with Crippen LogP contribution in [-0.2, 0) is 0 Å². The molecule has 20 heavy (non-hydrogen) atoms. The van der Waals surface area contributed by atoms with Gasteiger partial charge in [-0.2, -0.15) is 0 Å². The lowest BCUT2D eigenvalue weighted by atomic mass is 9.94. The van der Waals surface area contributed by atoms with Crippen molar-refractivity contribution in [2.45, 2.75) is 13.0 Å². The standard InChI is InChI=1S/C15H13Br2F2N/c1-8-9(4-3-5-10(8)16)15(20-2)13-12(18)7-6-11(17)14(13)19/h3-7,15,20H,1-2H3. The maximum Gasteiger partial charge on any atom is 0.145 e. The van der Waals surface area contributed by atoms with E-state index in [2.05, 4.69) is 37.2 Å². The highest BCUT2D eigenvalue weighted by Crippen LogP contribution is 2.33. The molecule has 0 aromatic heterocycles. The van der Waals surface area contributed by atoms with Crippen LogP contribution in [0.4, 0.5) is 8.78 Å². The quantitative estimate of drug-likeness (QED) is 0.701. The first kappa shape index (κ1) is 15.6. The average Bonchev–Trinajstić information content (AvgIpc) is 2.43. The molecule has 5 heteroatoms. The van der Waals surface area contributed by atoms with Gasteiger partial charge in [-0.3, -0.25) is 0 Å². The first-order chi connectivity index (χ1) is 9.47. The summed E-state index contributed by atoms with van der Waals surface area (Å²) in [5.74, 6) is -1.15. The summed E-state index contributed by atoms with van der Waals surface area (Å²) in [6.07, 6.45) is 0. The molecule has 0 bridgehead atoms. The molecule has 1 N–H and O–H groups in total. The zero-order chi connectivity index (χ0) is 14.9. The first-order valence-corrected chi connectivity index (χ1v) is 7.61. The fourth-order valence-electron chi connectivity index (χ4n) is 2.20. The molecule has 0 saturated heterocycles. The third-order valence-corrected chi connectivity index (χ3v) is 4.75. The summed E-state index contributed by atoms with van der Waals surface area (Å²) in [6.45, 7) is 1.91. The number of benzene rings is 2. The molecule has 2 rings (SSSR count). The van der Waals surface area contributed by atoms with E-state index in [1.165, 1.54) is 12.1 Å². The van der Waals surface area contributed by atoms with Crippen molar-refractivity contribution >= 4 is 31.9 Å². The van der Waals surface area contributed by atoms with Crippen LogP contribution in [0.5, 0.6) is 0 Å². The van der Waals surface area contributed by atoms with Crippen molar-refractivity contribution in [2.24, 2.45) is 0 Å². The summed E-state index contributed by atoms with van der Waals surface area (Å²) in [5, 5.41) is 2.99. The van der Waals surface area contributed by atoms with Crippen LogP contribution in [0.3, 0.4) is 0 Å². The van der Waals surface area contributed by atoms with Crippen molar-refractivity contribution < 1.29 is 8.78 Å². The van der Waals surface area contributed by atoms with E-state index in [0.29, 0.717) is 0 Å². The SMILES string of the molecule is CNC(c1cccc(Br)c1C)c1c(F)ccc(Br)c1F. The van der Waals surface area contributed by atoms with Crippen LogP contribution in [0, 0.1) is 18.6 Å². The average molecular weight is 405 g/mol. The van der Waals surface area contributed by atoms with E-state index in [0.717, 1.165) is 15.6 Å². The predicted octanol–water partition coefficient (Wildman–Crippen LogP) is 5.11. The van der Waals surface area contributed by atoms with Crippen molar-refractivity contribution in [2.75, 3.05) is 7.05 Å². The second-order valence-electron chi connectivity index (χ2n) is 4.43. The fraction of sp³-hybridized carbons (Fsp3) is 0.200. The molecule has 0 aliphatic rings. The molecule has 2 aromatic carbocycles. The number of hydrogen-bond acceptors (Lipinski definition) is 1. The summed E-state index contributed by atoms with van der Waals surface area (Å²) in [6, 6.07) is 7.70. The normalized spacial score (nSPS) is 12.5. The zero-order valence-corrected chi connectivity index (χ0v) is 14.1. The third kappa shape index (κ3) is 2.80. The summed E-state index contributed by atoms with van der Waals surface area (Å²) in [7, 11) is 1.69. The molecule has 106 valence electrons. The minimum atomic E-state index is -0.580. The van der Waals surface area contributed by atoms with E-state index < -0.39 is 17.7 Å². The number of halogens is 4. The largest absolute Gasteiger partial charge is 0.309 e. The van der Waals surface area contributed by atoms with Gasteiger partial charge >= 0.3 is 0 Å². The molecule has 0 aliphatic heterocycles. The van der Waals surface area contributed by atoms with Crippen LogP contribution in [0.2, 0.25) is 0 Å². The third-order valence-electron chi connectivity index (χ3n) is 3.28. The van der Waals surface area contributed by atoms with Gasteiger partial charge in [0.1, 0.15) is 11.6 Å². The van der Waals surface area contributed by atoms with E-state index in [1.54, 1.807) is 7.05 Å². The molecule has 0 aliphatic carbocycles. The smallest absolute Gasteiger partial charge is 0.145 e. The zero-order valence-electron chi connectivity index (χ0n) is 11.0. The molecule has 0 radical (unpaired) electrons. The van der Waals surface area contributed by atoms with Gasteiger partial charge in [-0.15, -0.1) is 0 Å². The Morgan fingerprint density at radius 2 is 1.75 bits per heavy atom. The maximum absolute atomic E-state index is 14.3. The Balaban J connectivity index is 2.65. The Labute approximate surface area is 133 Å². The van der Waals surface area contributed by atoms with E-state index in [-0.39, 0.29) is 10.0 Å². The van der Waals surface area contributed by atoms with Crippen molar-refractivity contribution in [3.63, 3.8) is 0 Å². The predicted molar refractivity (Wildman–Crippen MR) is 83.8 cm³/mol. The van der Waals surface area contributed by atoms with Crippen molar-refractivity contribution in [3.8, 4) is 0 Å². The summed E-state index contributed by atoms with van der Waals surface area (Å²) in [4.78, 5) is 0. The Kier molecular flexibility index (Phi) is 4.94. The van der Waals surface area contributed by atoms with Gasteiger partial charge in [-0.05, 0) is 59.2 Å². The van der Waals surface area contributed by atoms with Gasteiger partial charge < -0.3 is 5.32 Å². The van der Waals surface area contributed by atoms with Gasteiger partial charge in [0.15, 0.2) is 0 Å². The van der Waals surface area contributed by atoms with Crippen LogP contribution >= 0.6 is 31.9 Å². The highest BCUT2D eigenvalue weighted by molar-refractivity contribution is 9.10. The van der Waals surface area contributed by atoms with E-state index in [1.807, 2.05) is 25.1 Å². The Bertz CT molecular complexity index is 644. The molecule has 0 heterocycles. The van der Waals surface area contributed by atoms with Crippen molar-refractivity contribution in [3.05, 3.63) is 67.6 Å². The number of rotatable bonds is 3. The number of nitrogens with one attached hydrogen (secondary N) is 1. The molecule has 1 atom stereocenters. The van der Waals surface area contributed by atoms with Gasteiger partial charge in [0.25, 0.3) is 0 Å². The topological polar surface area (TPSA) is 12.0 Å². The summed E-state index contributed by atoms with van der Waals surface area (Å²) >= 11 is 6.55. The lowest BCUT2D eigenvalue weighted by molar-refractivity contribution is 0.518. The van der Waals surface area contributed by atoms with Crippen molar-refractivity contribution in [1.82, 2.24) is 5.32 Å². The number of hydrogen-bond donors (Lipinski definition) is 1. The van der Waals surface area contributed by atoms with Gasteiger partial charge in [-0.25, -0.2) is 8.78 Å². The summed E-state index contributed by atoms with van der Waals surface area (Å²) in [5.41, 5.74) is 1.80. The Hall–Kier alpha value is -0.780. The highest BCUT2D eigenvalue weighted by Gasteiger charge is 2.24. The first-order valence-electron chi connectivity index (χ1n) is 6.03. The maximum atomic E-state index is 14.3. The molecular weight excluding hydrogens is 392 g/mol. The molecule has 1 nitrogen and oxygen atoms in total. The minimum Gasteiger partial charge on any atom is -0.309 e. The molecule has 1 unspecified atom stereocenters. The molecule has 2 aromatic rings. The lowest BCUT2D eigenvalue weighted by Crippen LogP contribution is -2.21. The second kappa shape index (κ2) is 6.33. The molecular formula is C15H13Br2F2N. The van der Waals surface area contributed by atoms with E-state index >= 15 is 0 Å². The van der Waals surface area contributed by atoms with Crippen LogP contribution in [0.25, 0.3) is 0 Å². The van der Waals surface area contributed by atoms with Crippen LogP contribution in [-0.4, -0.2) is 7.05 Å². The minimum absolute atomic E-state index is 0.0167. The van der Waals surface area contributed by atoms with Gasteiger partial charge in [0.2, 0.25) is 0 Å². The van der Waals surface area contributed by atoms with Gasteiger partial charge in [-0.1, -0.05) is 28.1 Å². The monoisotopic (exact) mass is 403 g/mol. The van der Waals surface area contributed by atoms with Gasteiger partial charge in [0, 0.05) is 10.0 Å².